The molecule has 1 unspecified atom stereocenters. The number of carbonyl (C=O) groups is 2. The largest absolute Gasteiger partial charge is 0.443 e. The molecule has 0 radical (unpaired) electrons. The summed E-state index contributed by atoms with van der Waals surface area (Å²) in [5.41, 5.74) is 0.801. The number of fused-ring (bicyclic) bond motifs is 2. The van der Waals surface area contributed by atoms with Crippen LogP contribution in [0.3, 0.4) is 0 Å². The van der Waals surface area contributed by atoms with Crippen molar-refractivity contribution in [2.45, 2.75) is 50.8 Å². The maximum absolute atomic E-state index is 13.5. The number of amides is 1. The molecule has 1 aliphatic rings. The summed E-state index contributed by atoms with van der Waals surface area (Å²) in [5.74, 6) is 0.158. The van der Waals surface area contributed by atoms with Crippen molar-refractivity contribution < 1.29 is 27.9 Å². The summed E-state index contributed by atoms with van der Waals surface area (Å²) in [6.07, 6.45) is 0.0664. The Kier molecular flexibility index (Phi) is 7.99. The zero-order chi connectivity index (χ0) is 30.4. The highest BCUT2D eigenvalue weighted by Gasteiger charge is 2.30. The number of halogens is 1. The van der Waals surface area contributed by atoms with Gasteiger partial charge in [0.15, 0.2) is 9.84 Å². The lowest BCUT2D eigenvalue weighted by atomic mass is 10.2. The summed E-state index contributed by atoms with van der Waals surface area (Å²) >= 11 is 6.12. The van der Waals surface area contributed by atoms with Gasteiger partial charge < -0.3 is 19.6 Å². The molecule has 224 valence electrons. The van der Waals surface area contributed by atoms with Gasteiger partial charge in [0.05, 0.1) is 23.1 Å². The van der Waals surface area contributed by atoms with Crippen LogP contribution in [0.25, 0.3) is 16.6 Å². The van der Waals surface area contributed by atoms with Crippen LogP contribution >= 0.6 is 11.6 Å². The smallest absolute Gasteiger partial charge is 0.420 e. The van der Waals surface area contributed by atoms with Crippen molar-refractivity contribution in [1.29, 1.82) is 0 Å². The van der Waals surface area contributed by atoms with Crippen LogP contribution in [0.2, 0.25) is 5.02 Å². The Morgan fingerprint density at radius 2 is 1.81 bits per heavy atom. The van der Waals surface area contributed by atoms with Crippen LogP contribution < -0.4 is 4.90 Å². The second-order valence-electron chi connectivity index (χ2n) is 11.4. The summed E-state index contributed by atoms with van der Waals surface area (Å²) in [4.78, 5) is 34.5. The number of carbonyl (C=O) groups excluding carboxylic acids is 2. The molecule has 4 aromatic rings. The maximum Gasteiger partial charge on any atom is 0.420 e. The van der Waals surface area contributed by atoms with Crippen LogP contribution in [0.1, 0.15) is 45.9 Å². The number of hydrogen-bond donors (Lipinski definition) is 1. The molecule has 3 aromatic heterocycles. The third-order valence-electron chi connectivity index (χ3n) is 7.08. The average Bonchev–Trinajstić information content (AvgIpc) is 3.53. The van der Waals surface area contributed by atoms with Gasteiger partial charge in [0.25, 0.3) is 0 Å². The monoisotopic (exact) mass is 615 g/mol. The van der Waals surface area contributed by atoms with Crippen molar-refractivity contribution in [3.8, 4) is 0 Å². The Hall–Kier alpha value is -3.61. The second-order valence-corrected chi connectivity index (χ2v) is 13.9. The fourth-order valence-corrected chi connectivity index (χ4v) is 6.62. The van der Waals surface area contributed by atoms with Gasteiger partial charge >= 0.3 is 6.09 Å². The first-order chi connectivity index (χ1) is 19.7. The van der Waals surface area contributed by atoms with Crippen LogP contribution in [0.4, 0.5) is 10.6 Å². The van der Waals surface area contributed by atoms with Gasteiger partial charge in [-0.1, -0.05) is 17.7 Å². The van der Waals surface area contributed by atoms with Gasteiger partial charge in [0.2, 0.25) is 5.91 Å². The van der Waals surface area contributed by atoms with Crippen molar-refractivity contribution in [2.75, 3.05) is 36.8 Å². The predicted octanol–water partition coefficient (Wildman–Crippen LogP) is 4.29. The normalized spacial score (nSPS) is 15.4. The van der Waals surface area contributed by atoms with Crippen molar-refractivity contribution in [2.24, 2.45) is 0 Å². The van der Waals surface area contributed by atoms with E-state index in [1.807, 2.05) is 28.8 Å². The summed E-state index contributed by atoms with van der Waals surface area (Å²) in [7, 11) is -4.05. The fourth-order valence-electron chi connectivity index (χ4n) is 5.03. The van der Waals surface area contributed by atoms with Gasteiger partial charge in [0.1, 0.15) is 22.1 Å². The first kappa shape index (κ1) is 29.9. The number of benzene rings is 1. The molecule has 4 heterocycles. The van der Waals surface area contributed by atoms with E-state index in [0.717, 1.165) is 16.0 Å². The number of rotatable bonds is 6. The minimum Gasteiger partial charge on any atom is -0.443 e. The molecule has 1 amide bonds. The number of piperazine rings is 1. The molecule has 13 heteroatoms. The van der Waals surface area contributed by atoms with Gasteiger partial charge in [-0.25, -0.2) is 22.8 Å². The summed E-state index contributed by atoms with van der Waals surface area (Å²) in [5, 5.41) is 10.6. The highest BCUT2D eigenvalue weighted by molar-refractivity contribution is 7.91. The van der Waals surface area contributed by atoms with Gasteiger partial charge in [-0.2, -0.15) is 0 Å². The molecular formula is C29H34ClN5O6S. The highest BCUT2D eigenvalue weighted by Crippen LogP contribution is 2.29. The number of ether oxygens (including phenoxy) is 1. The molecule has 0 bridgehead atoms. The number of aliphatic hydroxyl groups is 1. The van der Waals surface area contributed by atoms with Crippen molar-refractivity contribution in [1.82, 2.24) is 18.9 Å². The number of imidazole rings is 1. The van der Waals surface area contributed by atoms with E-state index >= 15 is 0 Å². The van der Waals surface area contributed by atoms with Crippen LogP contribution in [0.5, 0.6) is 0 Å². The van der Waals surface area contributed by atoms with E-state index in [0.29, 0.717) is 47.8 Å². The standard InChI is InChI=1S/C29H34ClN5O6S/c1-19(36)22-18-34-24(31-22)6-5-7-25(34)32-11-13-33(14-12-32)26(37)10-15-42(39,40)27-17-20-16-21(30)8-9-23(20)35(27)28(38)41-29(2,3)4/h5-9,16-19,36H,10-15H2,1-4H3. The van der Waals surface area contributed by atoms with Crippen molar-refractivity contribution in [3.63, 3.8) is 0 Å². The molecule has 11 nitrogen and oxygen atoms in total. The summed E-state index contributed by atoms with van der Waals surface area (Å²) in [6, 6.07) is 11.8. The minimum atomic E-state index is -4.05. The Morgan fingerprint density at radius 1 is 1.10 bits per heavy atom. The van der Waals surface area contributed by atoms with E-state index in [1.54, 1.807) is 50.8 Å². The van der Waals surface area contributed by atoms with E-state index in [1.165, 1.54) is 6.07 Å². The molecule has 1 atom stereocenters. The third-order valence-corrected chi connectivity index (χ3v) is 9.00. The lowest BCUT2D eigenvalue weighted by Crippen LogP contribution is -2.49. The third kappa shape index (κ3) is 6.11. The van der Waals surface area contributed by atoms with E-state index in [9.17, 15) is 23.1 Å². The number of anilines is 1. The number of nitrogens with zero attached hydrogens (tertiary/aromatic N) is 5. The number of hydrogen-bond acceptors (Lipinski definition) is 8. The zero-order valence-electron chi connectivity index (χ0n) is 23.9. The second kappa shape index (κ2) is 11.2. The van der Waals surface area contributed by atoms with Crippen molar-refractivity contribution in [3.05, 3.63) is 59.4 Å². The topological polar surface area (TPSA) is 126 Å². The maximum atomic E-state index is 13.5. The van der Waals surface area contributed by atoms with Crippen LogP contribution in [0, 0.1) is 0 Å². The molecular weight excluding hydrogens is 582 g/mol. The molecule has 1 saturated heterocycles. The van der Waals surface area contributed by atoms with E-state index in [2.05, 4.69) is 9.88 Å². The van der Waals surface area contributed by atoms with Crippen molar-refractivity contribution >= 4 is 55.8 Å². The predicted molar refractivity (Wildman–Crippen MR) is 160 cm³/mol. The van der Waals surface area contributed by atoms with E-state index < -0.39 is 33.4 Å². The van der Waals surface area contributed by atoms with Gasteiger partial charge in [-0.3, -0.25) is 9.20 Å². The molecule has 0 aliphatic carbocycles. The minimum absolute atomic E-state index is 0.228. The first-order valence-electron chi connectivity index (χ1n) is 13.7. The number of aliphatic hydroxyl groups excluding tert-OH is 1. The lowest BCUT2D eigenvalue weighted by Gasteiger charge is -2.36. The molecule has 1 N–H and O–H groups in total. The molecule has 0 saturated carbocycles. The highest BCUT2D eigenvalue weighted by atomic mass is 35.5. The molecule has 5 rings (SSSR count). The van der Waals surface area contributed by atoms with Gasteiger partial charge in [-0.05, 0) is 64.1 Å². The molecule has 1 fully saturated rings. The number of pyridine rings is 1. The Balaban J connectivity index is 1.28. The zero-order valence-corrected chi connectivity index (χ0v) is 25.5. The molecule has 42 heavy (non-hydrogen) atoms. The quantitative estimate of drug-likeness (QED) is 0.340. The van der Waals surface area contributed by atoms with Crippen LogP contribution in [-0.4, -0.2) is 81.9 Å². The van der Waals surface area contributed by atoms with E-state index in [4.69, 9.17) is 16.3 Å². The number of aromatic nitrogens is 3. The molecule has 0 spiro atoms. The first-order valence-corrected chi connectivity index (χ1v) is 15.7. The molecule has 1 aromatic carbocycles. The SMILES string of the molecule is CC(O)c1cn2c(N3CCN(C(=O)CCS(=O)(=O)c4cc5cc(Cl)ccc5n4C(=O)OC(C)(C)C)CC3)cccc2n1. The van der Waals surface area contributed by atoms with Gasteiger partial charge in [0, 0.05) is 49.2 Å². The fraction of sp³-hybridized carbons (Fsp3) is 0.414. The van der Waals surface area contributed by atoms with Crippen LogP contribution in [-0.2, 0) is 19.4 Å². The van der Waals surface area contributed by atoms with Crippen LogP contribution in [0.15, 0.2) is 53.7 Å². The average molecular weight is 616 g/mol. The van der Waals surface area contributed by atoms with Gasteiger partial charge in [-0.15, -0.1) is 0 Å². The molecule has 1 aliphatic heterocycles. The summed E-state index contributed by atoms with van der Waals surface area (Å²) in [6.45, 7) is 8.70. The lowest BCUT2D eigenvalue weighted by molar-refractivity contribution is -0.131. The Bertz CT molecular complexity index is 1760. The van der Waals surface area contributed by atoms with E-state index in [-0.39, 0.29) is 17.4 Å². The summed E-state index contributed by atoms with van der Waals surface area (Å²) < 4.78 is 35.5. The Labute approximate surface area is 249 Å². The Morgan fingerprint density at radius 3 is 2.48 bits per heavy atom. The number of sulfone groups is 1.